The molecule has 29 heavy (non-hydrogen) atoms. The Bertz CT molecular complexity index is 909. The van der Waals surface area contributed by atoms with Gasteiger partial charge in [0.2, 0.25) is 17.3 Å². The predicted molar refractivity (Wildman–Crippen MR) is 108 cm³/mol. The van der Waals surface area contributed by atoms with Crippen LogP contribution in [0.5, 0.6) is 11.5 Å². The van der Waals surface area contributed by atoms with Crippen LogP contribution in [0, 0.1) is 0 Å². The molecule has 7 nitrogen and oxygen atoms in total. The van der Waals surface area contributed by atoms with Crippen LogP contribution < -0.4 is 9.47 Å². The fourth-order valence-corrected chi connectivity index (χ4v) is 3.69. The molecule has 0 saturated heterocycles. The van der Waals surface area contributed by atoms with Gasteiger partial charge in [-0.1, -0.05) is 31.1 Å². The molecular formula is C22H29N3O4. The number of benzene rings is 1. The lowest BCUT2D eigenvalue weighted by Gasteiger charge is -2.18. The summed E-state index contributed by atoms with van der Waals surface area (Å²) in [6.07, 6.45) is 5.40. The van der Waals surface area contributed by atoms with Crippen molar-refractivity contribution in [1.82, 2.24) is 10.1 Å². The van der Waals surface area contributed by atoms with Crippen molar-refractivity contribution in [1.29, 1.82) is 0 Å². The van der Waals surface area contributed by atoms with Crippen molar-refractivity contribution >= 4 is 5.71 Å². The van der Waals surface area contributed by atoms with E-state index >= 15 is 0 Å². The zero-order chi connectivity index (χ0) is 20.6. The molecule has 0 amide bonds. The maximum Gasteiger partial charge on any atom is 0.232 e. The maximum absolute atomic E-state index is 6.21. The van der Waals surface area contributed by atoms with Gasteiger partial charge in [-0.3, -0.25) is 0 Å². The molecular weight excluding hydrogens is 370 g/mol. The second-order valence-corrected chi connectivity index (χ2v) is 9.10. The molecule has 2 aromatic rings. The molecule has 7 heteroatoms. The lowest BCUT2D eigenvalue weighted by molar-refractivity contribution is -0.0159. The zero-order valence-electron chi connectivity index (χ0n) is 17.8. The number of ether oxygens (including phenoxy) is 2. The minimum absolute atomic E-state index is 0.216. The summed E-state index contributed by atoms with van der Waals surface area (Å²) in [4.78, 5) is 10.3. The Morgan fingerprint density at radius 3 is 2.55 bits per heavy atom. The molecule has 0 radical (unpaired) electrons. The predicted octanol–water partition coefficient (Wildman–Crippen LogP) is 4.74. The average Bonchev–Trinajstić information content (AvgIpc) is 3.42. The summed E-state index contributed by atoms with van der Waals surface area (Å²) in [6.45, 7) is 8.04. The number of methoxy groups -OCH3 is 1. The first-order valence-electron chi connectivity index (χ1n) is 10.2. The topological polar surface area (TPSA) is 79.0 Å². The van der Waals surface area contributed by atoms with Crippen LogP contribution in [0.2, 0.25) is 0 Å². The number of rotatable bonds is 5. The number of hydrogen-bond donors (Lipinski definition) is 0. The summed E-state index contributed by atoms with van der Waals surface area (Å²) in [7, 11) is 1.66. The minimum Gasteiger partial charge on any atom is -0.493 e. The van der Waals surface area contributed by atoms with Crippen LogP contribution in [0.3, 0.4) is 0 Å². The molecule has 156 valence electrons. The van der Waals surface area contributed by atoms with Gasteiger partial charge < -0.3 is 18.8 Å². The number of aromatic nitrogens is 2. The Morgan fingerprint density at radius 2 is 1.90 bits per heavy atom. The Hall–Kier alpha value is -2.57. The average molecular weight is 399 g/mol. The van der Waals surface area contributed by atoms with E-state index in [1.165, 1.54) is 12.8 Å². The lowest BCUT2D eigenvalue weighted by Crippen LogP contribution is -2.24. The molecule has 2 heterocycles. The van der Waals surface area contributed by atoms with Gasteiger partial charge in [-0.2, -0.15) is 4.98 Å². The van der Waals surface area contributed by atoms with Crippen molar-refractivity contribution in [2.45, 2.75) is 76.9 Å². The fourth-order valence-electron chi connectivity index (χ4n) is 3.69. The van der Waals surface area contributed by atoms with Crippen LogP contribution in [0.15, 0.2) is 27.9 Å². The van der Waals surface area contributed by atoms with Gasteiger partial charge in [-0.05, 0) is 50.8 Å². The van der Waals surface area contributed by atoms with E-state index in [1.54, 1.807) is 7.11 Å². The van der Waals surface area contributed by atoms with Gasteiger partial charge in [-0.25, -0.2) is 0 Å². The van der Waals surface area contributed by atoms with Crippen LogP contribution in [-0.4, -0.2) is 29.1 Å². The highest BCUT2D eigenvalue weighted by Crippen LogP contribution is 2.38. The highest BCUT2D eigenvalue weighted by molar-refractivity contribution is 6.02. The normalized spacial score (nSPS) is 22.4. The van der Waals surface area contributed by atoms with Crippen LogP contribution in [0.4, 0.5) is 0 Å². The van der Waals surface area contributed by atoms with Crippen molar-refractivity contribution in [3.05, 3.63) is 35.5 Å². The van der Waals surface area contributed by atoms with Gasteiger partial charge in [0.15, 0.2) is 11.5 Å². The smallest absolute Gasteiger partial charge is 0.232 e. The Kier molecular flexibility index (Phi) is 5.00. The Morgan fingerprint density at radius 1 is 1.14 bits per heavy atom. The molecule has 1 unspecified atom stereocenters. The summed E-state index contributed by atoms with van der Waals surface area (Å²) in [6, 6.07) is 5.89. The van der Waals surface area contributed by atoms with Crippen LogP contribution in [-0.2, 0) is 15.9 Å². The second kappa shape index (κ2) is 7.35. The lowest BCUT2D eigenvalue weighted by atomic mass is 9.94. The molecule has 0 bridgehead atoms. The third kappa shape index (κ3) is 3.95. The molecule has 0 N–H and O–H groups in total. The molecule has 0 spiro atoms. The van der Waals surface area contributed by atoms with Crippen molar-refractivity contribution < 1.29 is 18.8 Å². The van der Waals surface area contributed by atoms with E-state index in [0.29, 0.717) is 18.1 Å². The first-order chi connectivity index (χ1) is 13.8. The standard InChI is InChI=1S/C22H29N3O4/c1-21(2,3)20-23-19(25-28-20)22(4)13-16(24-29-22)14-10-11-17(26-5)18(12-14)27-15-8-6-7-9-15/h10-12,15H,6-9,13H2,1-5H3. The van der Waals surface area contributed by atoms with E-state index in [-0.39, 0.29) is 11.5 Å². The highest BCUT2D eigenvalue weighted by atomic mass is 16.7. The Labute approximate surface area is 171 Å². The molecule has 1 fully saturated rings. The van der Waals surface area contributed by atoms with Crippen LogP contribution in [0.25, 0.3) is 0 Å². The van der Waals surface area contributed by atoms with Gasteiger partial charge in [0, 0.05) is 17.4 Å². The molecule has 1 aromatic heterocycles. The molecule has 1 atom stereocenters. The number of hydrogen-bond acceptors (Lipinski definition) is 7. The van der Waals surface area contributed by atoms with E-state index in [1.807, 2.05) is 45.9 Å². The highest BCUT2D eigenvalue weighted by Gasteiger charge is 2.42. The maximum atomic E-state index is 6.21. The van der Waals surface area contributed by atoms with E-state index < -0.39 is 5.60 Å². The second-order valence-electron chi connectivity index (χ2n) is 9.10. The van der Waals surface area contributed by atoms with Crippen LogP contribution >= 0.6 is 0 Å². The number of nitrogens with zero attached hydrogens (tertiary/aromatic N) is 3. The molecule has 1 saturated carbocycles. The third-order valence-corrected chi connectivity index (χ3v) is 5.50. The van der Waals surface area contributed by atoms with E-state index in [4.69, 9.17) is 18.8 Å². The quantitative estimate of drug-likeness (QED) is 0.723. The van der Waals surface area contributed by atoms with Crippen molar-refractivity contribution in [2.75, 3.05) is 7.11 Å². The third-order valence-electron chi connectivity index (χ3n) is 5.50. The molecule has 1 aliphatic heterocycles. The largest absolute Gasteiger partial charge is 0.493 e. The van der Waals surface area contributed by atoms with E-state index in [9.17, 15) is 0 Å². The molecule has 1 aromatic carbocycles. The van der Waals surface area contributed by atoms with Crippen molar-refractivity contribution in [3.63, 3.8) is 0 Å². The van der Waals surface area contributed by atoms with Gasteiger partial charge in [0.1, 0.15) is 0 Å². The monoisotopic (exact) mass is 399 g/mol. The first kappa shape index (κ1) is 19.7. The summed E-state index contributed by atoms with van der Waals surface area (Å²) in [5.41, 5.74) is 0.803. The molecule has 4 rings (SSSR count). The molecule has 2 aliphatic rings. The SMILES string of the molecule is COc1ccc(C2=NOC(C)(c3noc(C(C)(C)C)n3)C2)cc1OC1CCCC1. The number of oxime groups is 1. The minimum atomic E-state index is -0.755. The molecule has 1 aliphatic carbocycles. The van der Waals surface area contributed by atoms with Crippen molar-refractivity contribution in [3.8, 4) is 11.5 Å². The fraction of sp³-hybridized carbons (Fsp3) is 0.591. The van der Waals surface area contributed by atoms with E-state index in [2.05, 4.69) is 15.3 Å². The van der Waals surface area contributed by atoms with Gasteiger partial charge in [0.25, 0.3) is 0 Å². The zero-order valence-corrected chi connectivity index (χ0v) is 17.8. The summed E-state index contributed by atoms with van der Waals surface area (Å²) < 4.78 is 17.1. The summed E-state index contributed by atoms with van der Waals surface area (Å²) in [5.74, 6) is 2.58. The first-order valence-corrected chi connectivity index (χ1v) is 10.2. The van der Waals surface area contributed by atoms with Gasteiger partial charge in [0.05, 0.1) is 18.9 Å². The summed E-state index contributed by atoms with van der Waals surface area (Å²) >= 11 is 0. The summed E-state index contributed by atoms with van der Waals surface area (Å²) in [5, 5.41) is 8.48. The van der Waals surface area contributed by atoms with E-state index in [0.717, 1.165) is 35.6 Å². The van der Waals surface area contributed by atoms with Crippen LogP contribution in [0.1, 0.15) is 77.1 Å². The van der Waals surface area contributed by atoms with Crippen molar-refractivity contribution in [2.24, 2.45) is 5.16 Å². The van der Waals surface area contributed by atoms with Gasteiger partial charge >= 0.3 is 0 Å². The Balaban J connectivity index is 1.54. The van der Waals surface area contributed by atoms with Gasteiger partial charge in [-0.15, -0.1) is 0 Å².